The third-order valence-electron chi connectivity index (χ3n) is 5.66. The summed E-state index contributed by atoms with van der Waals surface area (Å²) >= 11 is 0. The second-order valence-electron chi connectivity index (χ2n) is 7.97. The van der Waals surface area contributed by atoms with Crippen molar-refractivity contribution in [3.63, 3.8) is 0 Å². The van der Waals surface area contributed by atoms with E-state index < -0.39 is 0 Å². The summed E-state index contributed by atoms with van der Waals surface area (Å²) in [7, 11) is 0. The summed E-state index contributed by atoms with van der Waals surface area (Å²) in [6.45, 7) is 11.7. The number of pyridine rings is 1. The molecule has 0 saturated carbocycles. The van der Waals surface area contributed by atoms with Crippen LogP contribution in [-0.4, -0.2) is 20.7 Å². The lowest BCUT2D eigenvalue weighted by atomic mass is 9.98. The average Bonchev–Trinajstić information content (AvgIpc) is 3.16. The van der Waals surface area contributed by atoms with Crippen molar-refractivity contribution in [3.05, 3.63) is 107 Å². The van der Waals surface area contributed by atoms with Crippen molar-refractivity contribution < 1.29 is 5.11 Å². The summed E-state index contributed by atoms with van der Waals surface area (Å²) < 4.78 is 0. The average molecular weight is 414 g/mol. The Morgan fingerprint density at radius 2 is 1.94 bits per heavy atom. The van der Waals surface area contributed by atoms with Gasteiger partial charge < -0.3 is 15.4 Å². The molecular weight excluding hydrogens is 382 g/mol. The molecule has 4 nitrogen and oxygen atoms in total. The van der Waals surface area contributed by atoms with E-state index >= 15 is 0 Å². The fourth-order valence-corrected chi connectivity index (χ4v) is 3.98. The van der Waals surface area contributed by atoms with Gasteiger partial charge in [0, 0.05) is 35.8 Å². The minimum atomic E-state index is 0.0383. The second kappa shape index (κ2) is 9.61. The molecular formula is C27H31N3O. The molecule has 0 saturated heterocycles. The first-order valence-electron chi connectivity index (χ1n) is 10.7. The van der Waals surface area contributed by atoms with E-state index in [9.17, 15) is 5.11 Å². The number of hydrogen-bond acceptors (Lipinski definition) is 4. The predicted molar refractivity (Wildman–Crippen MR) is 129 cm³/mol. The standard InChI is InChI=1S/C27H31N3O/c1-6-22-10-12-23(13-11-22)24-16-25(15-18(2)27(19(3)28)21(5)31)30(17-24)20(4)26-9-7-8-14-29-26/h7-15,17,20,28,31H,2,6,16H2,1,3-5H3/b25-15+,27-21-,28-19?. The Hall–Kier alpha value is -3.40. The van der Waals surface area contributed by atoms with Crippen LogP contribution in [0.5, 0.6) is 0 Å². The Kier molecular flexibility index (Phi) is 6.91. The molecule has 1 atom stereocenters. The van der Waals surface area contributed by atoms with Crippen molar-refractivity contribution in [2.24, 2.45) is 0 Å². The highest BCUT2D eigenvalue weighted by molar-refractivity contribution is 6.00. The quantitative estimate of drug-likeness (QED) is 0.299. The van der Waals surface area contributed by atoms with Gasteiger partial charge in [0.1, 0.15) is 0 Å². The Balaban J connectivity index is 2.01. The molecule has 3 rings (SSSR count). The fraction of sp³-hybridized carbons (Fsp3) is 0.259. The highest BCUT2D eigenvalue weighted by Crippen LogP contribution is 2.38. The van der Waals surface area contributed by atoms with Crippen molar-refractivity contribution in [2.75, 3.05) is 0 Å². The molecule has 0 bridgehead atoms. The van der Waals surface area contributed by atoms with E-state index in [-0.39, 0.29) is 11.8 Å². The van der Waals surface area contributed by atoms with Gasteiger partial charge >= 0.3 is 0 Å². The van der Waals surface area contributed by atoms with Crippen LogP contribution >= 0.6 is 0 Å². The summed E-state index contributed by atoms with van der Waals surface area (Å²) in [5, 5.41) is 18.1. The lowest BCUT2D eigenvalue weighted by Gasteiger charge is -2.26. The number of allylic oxidation sites excluding steroid dienone is 5. The van der Waals surface area contributed by atoms with Gasteiger partial charge in [0.05, 0.1) is 17.5 Å². The number of aliphatic hydroxyl groups excluding tert-OH is 1. The van der Waals surface area contributed by atoms with Crippen LogP contribution < -0.4 is 0 Å². The van der Waals surface area contributed by atoms with Crippen molar-refractivity contribution in [2.45, 2.75) is 46.6 Å². The van der Waals surface area contributed by atoms with Crippen LogP contribution in [0, 0.1) is 5.41 Å². The molecule has 0 radical (unpaired) electrons. The van der Waals surface area contributed by atoms with Gasteiger partial charge in [-0.05, 0) is 67.7 Å². The Bertz CT molecular complexity index is 1060. The van der Waals surface area contributed by atoms with Gasteiger partial charge in [-0.25, -0.2) is 0 Å². The third-order valence-corrected chi connectivity index (χ3v) is 5.66. The normalized spacial score (nSPS) is 16.7. The molecule has 0 aliphatic carbocycles. The number of aryl methyl sites for hydroxylation is 1. The molecule has 1 unspecified atom stereocenters. The van der Waals surface area contributed by atoms with Crippen molar-refractivity contribution in [1.82, 2.24) is 9.88 Å². The molecule has 31 heavy (non-hydrogen) atoms. The highest BCUT2D eigenvalue weighted by atomic mass is 16.3. The van der Waals surface area contributed by atoms with Crippen LogP contribution in [0.1, 0.15) is 57.0 Å². The zero-order chi connectivity index (χ0) is 22.5. The van der Waals surface area contributed by atoms with Crippen LogP contribution in [0.2, 0.25) is 0 Å². The molecule has 160 valence electrons. The maximum absolute atomic E-state index is 10.1. The maximum Gasteiger partial charge on any atom is 0.0987 e. The highest BCUT2D eigenvalue weighted by Gasteiger charge is 2.26. The van der Waals surface area contributed by atoms with Gasteiger partial charge in [0.25, 0.3) is 0 Å². The molecule has 4 heteroatoms. The van der Waals surface area contributed by atoms with Crippen LogP contribution in [0.15, 0.2) is 90.1 Å². The number of nitrogens with one attached hydrogen (secondary N) is 1. The van der Waals surface area contributed by atoms with Crippen LogP contribution in [0.4, 0.5) is 0 Å². The summed E-state index contributed by atoms with van der Waals surface area (Å²) in [6, 6.07) is 14.7. The first-order chi connectivity index (χ1) is 14.8. The van der Waals surface area contributed by atoms with Crippen LogP contribution in [0.25, 0.3) is 5.57 Å². The molecule has 2 aromatic rings. The van der Waals surface area contributed by atoms with E-state index in [4.69, 9.17) is 5.41 Å². The third kappa shape index (κ3) is 5.02. The van der Waals surface area contributed by atoms with Gasteiger partial charge in [-0.15, -0.1) is 0 Å². The van der Waals surface area contributed by atoms with Gasteiger partial charge in [-0.3, -0.25) is 4.98 Å². The maximum atomic E-state index is 10.1. The van der Waals surface area contributed by atoms with Crippen molar-refractivity contribution >= 4 is 11.3 Å². The number of hydrogen-bond donors (Lipinski definition) is 2. The number of aliphatic hydroxyl groups is 1. The molecule has 1 aromatic heterocycles. The second-order valence-corrected chi connectivity index (χ2v) is 7.97. The molecule has 1 aliphatic heterocycles. The molecule has 0 spiro atoms. The largest absolute Gasteiger partial charge is 0.512 e. The monoisotopic (exact) mass is 413 g/mol. The van der Waals surface area contributed by atoms with Gasteiger partial charge in [-0.2, -0.15) is 0 Å². The SMILES string of the molecule is C=C(/C=C1\CC(c2ccc(CC)cc2)=CN1C(C)c1ccccn1)/C(C(C)=N)=C(\C)O. The van der Waals surface area contributed by atoms with E-state index in [0.717, 1.165) is 24.2 Å². The number of aromatic nitrogens is 1. The first-order valence-corrected chi connectivity index (χ1v) is 10.7. The van der Waals surface area contributed by atoms with E-state index in [1.54, 1.807) is 13.8 Å². The number of rotatable bonds is 7. The van der Waals surface area contributed by atoms with E-state index in [1.807, 2.05) is 30.5 Å². The lowest BCUT2D eigenvalue weighted by molar-refractivity contribution is 0.372. The number of nitrogens with zero attached hydrogens (tertiary/aromatic N) is 2. The molecule has 1 aliphatic rings. The lowest BCUT2D eigenvalue weighted by Crippen LogP contribution is -2.19. The van der Waals surface area contributed by atoms with E-state index in [0.29, 0.717) is 16.9 Å². The number of benzene rings is 1. The van der Waals surface area contributed by atoms with Crippen LogP contribution in [0.3, 0.4) is 0 Å². The van der Waals surface area contributed by atoms with E-state index in [2.05, 4.69) is 60.8 Å². The zero-order valence-electron chi connectivity index (χ0n) is 18.8. The first kappa shape index (κ1) is 22.3. The summed E-state index contributed by atoms with van der Waals surface area (Å²) in [6.07, 6.45) is 7.75. The van der Waals surface area contributed by atoms with Crippen molar-refractivity contribution in [3.8, 4) is 0 Å². The molecule has 1 aromatic carbocycles. The molecule has 0 amide bonds. The Labute approximate surface area is 185 Å². The molecule has 2 N–H and O–H groups in total. The van der Waals surface area contributed by atoms with Crippen LogP contribution in [-0.2, 0) is 6.42 Å². The smallest absolute Gasteiger partial charge is 0.0987 e. The summed E-state index contributed by atoms with van der Waals surface area (Å²) in [5.74, 6) is 0.111. The fourth-order valence-electron chi connectivity index (χ4n) is 3.98. The van der Waals surface area contributed by atoms with Crippen molar-refractivity contribution in [1.29, 1.82) is 5.41 Å². The Morgan fingerprint density at radius 3 is 2.48 bits per heavy atom. The topological polar surface area (TPSA) is 60.2 Å². The minimum Gasteiger partial charge on any atom is -0.512 e. The summed E-state index contributed by atoms with van der Waals surface area (Å²) in [5.41, 5.74) is 7.21. The van der Waals surface area contributed by atoms with Gasteiger partial charge in [0.2, 0.25) is 0 Å². The van der Waals surface area contributed by atoms with Gasteiger partial charge in [0.15, 0.2) is 0 Å². The minimum absolute atomic E-state index is 0.0383. The summed E-state index contributed by atoms with van der Waals surface area (Å²) in [4.78, 5) is 6.77. The van der Waals surface area contributed by atoms with E-state index in [1.165, 1.54) is 16.7 Å². The Morgan fingerprint density at radius 1 is 1.23 bits per heavy atom. The molecule has 2 heterocycles. The zero-order valence-corrected chi connectivity index (χ0v) is 18.8. The van der Waals surface area contributed by atoms with Gasteiger partial charge in [-0.1, -0.05) is 43.8 Å². The molecule has 0 fully saturated rings. The predicted octanol–water partition coefficient (Wildman–Crippen LogP) is 6.76.